The van der Waals surface area contributed by atoms with Crippen LogP contribution < -0.4 is 0 Å². The molecule has 0 amide bonds. The number of H-pyrrole nitrogens is 1. The van der Waals surface area contributed by atoms with E-state index in [1.54, 1.807) is 24.7 Å². The molecular formula is C16H19ClN4O3. The van der Waals surface area contributed by atoms with Gasteiger partial charge in [-0.1, -0.05) is 11.6 Å². The molecule has 128 valence electrons. The summed E-state index contributed by atoms with van der Waals surface area (Å²) in [7, 11) is 0. The molecule has 1 saturated heterocycles. The van der Waals surface area contributed by atoms with Crippen molar-refractivity contribution in [1.29, 1.82) is 0 Å². The van der Waals surface area contributed by atoms with E-state index in [0.29, 0.717) is 18.2 Å². The number of hydrogen-bond acceptors (Lipinski definition) is 5. The number of benzene rings is 1. The summed E-state index contributed by atoms with van der Waals surface area (Å²) in [4.78, 5) is 19.7. The number of piperidine rings is 1. The van der Waals surface area contributed by atoms with Gasteiger partial charge in [-0.3, -0.25) is 15.0 Å². The van der Waals surface area contributed by atoms with E-state index in [0.717, 1.165) is 37.2 Å². The number of imidazole rings is 1. The fraction of sp³-hybridized carbons (Fsp3) is 0.438. The second-order valence-corrected chi connectivity index (χ2v) is 6.30. The Kier molecular flexibility index (Phi) is 5.44. The van der Waals surface area contributed by atoms with Crippen molar-refractivity contribution in [3.8, 4) is 0 Å². The molecule has 0 saturated carbocycles. The number of nitrogens with zero attached hydrogens (tertiary/aromatic N) is 3. The topological polar surface area (TPSA) is 84.3 Å². The Morgan fingerprint density at radius 3 is 2.88 bits per heavy atom. The van der Waals surface area contributed by atoms with Gasteiger partial charge in [0.2, 0.25) is 0 Å². The number of non-ortho nitro benzene ring substituents is 1. The van der Waals surface area contributed by atoms with Gasteiger partial charge in [-0.25, -0.2) is 4.98 Å². The maximum atomic E-state index is 10.9. The maximum Gasteiger partial charge on any atom is 0.269 e. The lowest BCUT2D eigenvalue weighted by Gasteiger charge is -2.32. The summed E-state index contributed by atoms with van der Waals surface area (Å²) in [6.07, 6.45) is 5.50. The van der Waals surface area contributed by atoms with Gasteiger partial charge in [0.25, 0.3) is 5.69 Å². The van der Waals surface area contributed by atoms with Crippen LogP contribution in [0.5, 0.6) is 0 Å². The van der Waals surface area contributed by atoms with Crippen molar-refractivity contribution < 1.29 is 9.66 Å². The molecule has 0 bridgehead atoms. The van der Waals surface area contributed by atoms with Gasteiger partial charge in [0.15, 0.2) is 0 Å². The molecule has 7 nitrogen and oxygen atoms in total. The lowest BCUT2D eigenvalue weighted by atomic mass is 10.1. The SMILES string of the molecule is O=[N+]([O-])c1ccc(Cl)c(CN2CCC(OCc3cnc[nH]3)CC2)c1. The fourth-order valence-electron chi connectivity index (χ4n) is 2.84. The molecule has 3 rings (SSSR count). The van der Waals surface area contributed by atoms with Crippen LogP contribution in [-0.4, -0.2) is 39.0 Å². The lowest BCUT2D eigenvalue weighted by Crippen LogP contribution is -2.36. The molecule has 0 radical (unpaired) electrons. The van der Waals surface area contributed by atoms with E-state index in [4.69, 9.17) is 16.3 Å². The van der Waals surface area contributed by atoms with Crippen molar-refractivity contribution in [1.82, 2.24) is 14.9 Å². The van der Waals surface area contributed by atoms with Crippen LogP contribution in [0.2, 0.25) is 5.02 Å². The smallest absolute Gasteiger partial charge is 0.269 e. The van der Waals surface area contributed by atoms with E-state index in [1.807, 2.05) is 0 Å². The third-order valence-corrected chi connectivity index (χ3v) is 4.57. The van der Waals surface area contributed by atoms with Crippen LogP contribution in [0.15, 0.2) is 30.7 Å². The van der Waals surface area contributed by atoms with Crippen molar-refractivity contribution in [2.45, 2.75) is 32.1 Å². The number of halogens is 1. The molecule has 1 fully saturated rings. The van der Waals surface area contributed by atoms with Gasteiger partial charge in [-0.05, 0) is 24.5 Å². The minimum Gasteiger partial charge on any atom is -0.372 e. The third-order valence-electron chi connectivity index (χ3n) is 4.20. The van der Waals surface area contributed by atoms with E-state index in [9.17, 15) is 10.1 Å². The van der Waals surface area contributed by atoms with E-state index in [2.05, 4.69) is 14.9 Å². The van der Waals surface area contributed by atoms with Crippen LogP contribution in [0.4, 0.5) is 5.69 Å². The summed E-state index contributed by atoms with van der Waals surface area (Å²) in [6, 6.07) is 4.58. The molecular weight excluding hydrogens is 332 g/mol. The minimum absolute atomic E-state index is 0.0761. The largest absolute Gasteiger partial charge is 0.372 e. The number of nitrogens with one attached hydrogen (secondary N) is 1. The second-order valence-electron chi connectivity index (χ2n) is 5.90. The Balaban J connectivity index is 1.50. The summed E-state index contributed by atoms with van der Waals surface area (Å²) in [5.74, 6) is 0. The highest BCUT2D eigenvalue weighted by molar-refractivity contribution is 6.31. The van der Waals surface area contributed by atoms with Crippen LogP contribution in [0.3, 0.4) is 0 Å². The van der Waals surface area contributed by atoms with Crippen LogP contribution >= 0.6 is 11.6 Å². The fourth-order valence-corrected chi connectivity index (χ4v) is 3.02. The standard InChI is InChI=1S/C16H19ClN4O3/c17-16-2-1-14(21(22)23)7-12(16)9-20-5-3-15(4-6-20)24-10-13-8-18-11-19-13/h1-2,7-8,11,15H,3-6,9-10H2,(H,18,19). The van der Waals surface area contributed by atoms with Crippen LogP contribution in [0.1, 0.15) is 24.1 Å². The van der Waals surface area contributed by atoms with E-state index < -0.39 is 4.92 Å². The first-order valence-electron chi connectivity index (χ1n) is 7.86. The zero-order valence-electron chi connectivity index (χ0n) is 13.2. The molecule has 1 N–H and O–H groups in total. The summed E-state index contributed by atoms with van der Waals surface area (Å²) in [6.45, 7) is 2.93. The van der Waals surface area contributed by atoms with E-state index >= 15 is 0 Å². The molecule has 0 atom stereocenters. The van der Waals surface area contributed by atoms with Crippen molar-refractivity contribution >= 4 is 17.3 Å². The maximum absolute atomic E-state index is 10.9. The summed E-state index contributed by atoms with van der Waals surface area (Å²) < 4.78 is 5.89. The Bertz CT molecular complexity index is 685. The zero-order chi connectivity index (χ0) is 16.9. The van der Waals surface area contributed by atoms with Crippen molar-refractivity contribution in [2.24, 2.45) is 0 Å². The second kappa shape index (κ2) is 7.74. The molecule has 2 heterocycles. The van der Waals surface area contributed by atoms with E-state index in [1.165, 1.54) is 6.07 Å². The quantitative estimate of drug-likeness (QED) is 0.639. The normalized spacial score (nSPS) is 16.4. The number of aromatic nitrogens is 2. The van der Waals surface area contributed by atoms with Gasteiger partial charge >= 0.3 is 0 Å². The average Bonchev–Trinajstić information content (AvgIpc) is 3.09. The van der Waals surface area contributed by atoms with Crippen LogP contribution in [-0.2, 0) is 17.9 Å². The Morgan fingerprint density at radius 2 is 2.21 bits per heavy atom. The molecule has 2 aromatic rings. The number of nitro groups is 1. The minimum atomic E-state index is -0.393. The van der Waals surface area contributed by atoms with Gasteiger partial charge in [-0.15, -0.1) is 0 Å². The molecule has 24 heavy (non-hydrogen) atoms. The molecule has 8 heteroatoms. The van der Waals surface area contributed by atoms with Gasteiger partial charge in [0.1, 0.15) is 0 Å². The number of ether oxygens (including phenoxy) is 1. The van der Waals surface area contributed by atoms with Gasteiger partial charge in [0.05, 0.1) is 35.9 Å². The molecule has 1 aliphatic heterocycles. The lowest BCUT2D eigenvalue weighted by molar-refractivity contribution is -0.384. The third kappa shape index (κ3) is 4.31. The summed E-state index contributed by atoms with van der Waals surface area (Å²) in [5, 5.41) is 11.5. The van der Waals surface area contributed by atoms with Gasteiger partial charge in [0, 0.05) is 36.8 Å². The van der Waals surface area contributed by atoms with Crippen LogP contribution in [0, 0.1) is 10.1 Å². The zero-order valence-corrected chi connectivity index (χ0v) is 13.9. The molecule has 1 aliphatic rings. The molecule has 1 aromatic heterocycles. The molecule has 0 unspecified atom stereocenters. The highest BCUT2D eigenvalue weighted by Crippen LogP contribution is 2.25. The van der Waals surface area contributed by atoms with Gasteiger partial charge in [-0.2, -0.15) is 0 Å². The summed E-state index contributed by atoms with van der Waals surface area (Å²) >= 11 is 6.17. The number of aromatic amines is 1. The van der Waals surface area contributed by atoms with Crippen molar-refractivity contribution in [3.63, 3.8) is 0 Å². The Labute approximate surface area is 144 Å². The molecule has 0 spiro atoms. The Morgan fingerprint density at radius 1 is 1.42 bits per heavy atom. The highest BCUT2D eigenvalue weighted by Gasteiger charge is 2.21. The van der Waals surface area contributed by atoms with E-state index in [-0.39, 0.29) is 11.8 Å². The van der Waals surface area contributed by atoms with Crippen molar-refractivity contribution in [2.75, 3.05) is 13.1 Å². The number of likely N-dealkylation sites (tertiary alicyclic amines) is 1. The number of nitro benzene ring substituents is 1. The first-order valence-corrected chi connectivity index (χ1v) is 8.23. The monoisotopic (exact) mass is 350 g/mol. The van der Waals surface area contributed by atoms with Crippen LogP contribution in [0.25, 0.3) is 0 Å². The highest BCUT2D eigenvalue weighted by atomic mass is 35.5. The summed E-state index contributed by atoms with van der Waals surface area (Å²) in [5.41, 5.74) is 1.84. The van der Waals surface area contributed by atoms with Crippen molar-refractivity contribution in [3.05, 3.63) is 57.1 Å². The molecule has 1 aromatic carbocycles. The predicted molar refractivity (Wildman–Crippen MR) is 89.8 cm³/mol. The van der Waals surface area contributed by atoms with Gasteiger partial charge < -0.3 is 9.72 Å². The predicted octanol–water partition coefficient (Wildman–Crippen LogP) is 3.15. The first-order chi connectivity index (χ1) is 11.6. The number of rotatable bonds is 6. The molecule has 0 aliphatic carbocycles. The Hall–Kier alpha value is -1.96. The first kappa shape index (κ1) is 16.9. The number of hydrogen-bond donors (Lipinski definition) is 1. The average molecular weight is 351 g/mol.